The van der Waals surface area contributed by atoms with Crippen molar-refractivity contribution in [3.8, 4) is 11.1 Å². The second-order valence-electron chi connectivity index (χ2n) is 6.57. The largest absolute Gasteiger partial charge is 0.393 e. The molecule has 1 heterocycles. The van der Waals surface area contributed by atoms with Gasteiger partial charge in [-0.3, -0.25) is 14.9 Å². The van der Waals surface area contributed by atoms with Crippen LogP contribution in [0.15, 0.2) is 65.5 Å². The zero-order valence-corrected chi connectivity index (χ0v) is 15.1. The Kier molecular flexibility index (Phi) is 4.52. The number of nitrogen functional groups attached to an aromatic ring is 1. The molecule has 0 saturated carbocycles. The van der Waals surface area contributed by atoms with Crippen molar-refractivity contribution in [1.29, 1.82) is 0 Å². The van der Waals surface area contributed by atoms with E-state index in [0.717, 1.165) is 5.56 Å². The van der Waals surface area contributed by atoms with Gasteiger partial charge in [0, 0.05) is 23.4 Å². The number of hydrogen-bond acceptors (Lipinski definition) is 5. The number of fused-ring (bicyclic) bond motifs is 1. The van der Waals surface area contributed by atoms with Crippen LogP contribution in [0.1, 0.15) is 11.3 Å². The van der Waals surface area contributed by atoms with Gasteiger partial charge in [-0.15, -0.1) is 0 Å². The van der Waals surface area contributed by atoms with E-state index in [1.165, 1.54) is 24.3 Å². The van der Waals surface area contributed by atoms with Gasteiger partial charge in [0.15, 0.2) is 0 Å². The lowest BCUT2D eigenvalue weighted by Gasteiger charge is -2.09. The first-order valence-corrected chi connectivity index (χ1v) is 8.73. The summed E-state index contributed by atoms with van der Waals surface area (Å²) in [7, 11) is 0. The third-order valence-corrected chi connectivity index (χ3v) is 4.72. The molecule has 7 nitrogen and oxygen atoms in total. The highest BCUT2D eigenvalue weighted by Gasteiger charge is 2.16. The quantitative estimate of drug-likeness (QED) is 0.312. The molecule has 4 aromatic rings. The molecule has 4 rings (SSSR count). The predicted molar refractivity (Wildman–Crippen MR) is 108 cm³/mol. The number of aromatic nitrogens is 2. The van der Waals surface area contributed by atoms with E-state index in [9.17, 15) is 19.3 Å². The van der Waals surface area contributed by atoms with E-state index in [4.69, 9.17) is 5.73 Å². The highest BCUT2D eigenvalue weighted by molar-refractivity contribution is 5.83. The number of halogens is 1. The molecule has 0 amide bonds. The average Bonchev–Trinajstić information content (AvgIpc) is 2.72. The van der Waals surface area contributed by atoms with Gasteiger partial charge in [0.25, 0.3) is 11.2 Å². The predicted octanol–water partition coefficient (Wildman–Crippen LogP) is 3.81. The maximum atomic E-state index is 14.5. The SMILES string of the molecule is Nc1ccc(-c2cc(Cc3n[nH]c(=O)c4ccccc34)ccc2F)cc1[N+](=O)[O-]. The summed E-state index contributed by atoms with van der Waals surface area (Å²) >= 11 is 0. The smallest absolute Gasteiger partial charge is 0.292 e. The fourth-order valence-electron chi connectivity index (χ4n) is 3.27. The Morgan fingerprint density at radius 1 is 1.07 bits per heavy atom. The van der Waals surface area contributed by atoms with Crippen LogP contribution in [0.3, 0.4) is 0 Å². The molecule has 0 radical (unpaired) electrons. The minimum Gasteiger partial charge on any atom is -0.393 e. The Balaban J connectivity index is 1.78. The highest BCUT2D eigenvalue weighted by Crippen LogP contribution is 2.31. The van der Waals surface area contributed by atoms with Gasteiger partial charge in [0.05, 0.1) is 16.0 Å². The second kappa shape index (κ2) is 7.16. The summed E-state index contributed by atoms with van der Waals surface area (Å²) in [5, 5.41) is 19.0. The lowest BCUT2D eigenvalue weighted by Crippen LogP contribution is -2.11. The van der Waals surface area contributed by atoms with Gasteiger partial charge in [-0.25, -0.2) is 9.49 Å². The third-order valence-electron chi connectivity index (χ3n) is 4.72. The summed E-state index contributed by atoms with van der Waals surface area (Å²) in [5.41, 5.74) is 7.04. The van der Waals surface area contributed by atoms with Crippen LogP contribution in [0.5, 0.6) is 0 Å². The molecule has 0 aliphatic heterocycles. The number of benzene rings is 3. The van der Waals surface area contributed by atoms with Crippen molar-refractivity contribution in [2.24, 2.45) is 0 Å². The molecule has 8 heteroatoms. The highest BCUT2D eigenvalue weighted by atomic mass is 19.1. The standard InChI is InChI=1S/C21H15FN4O3/c22-17-7-5-12(9-16(17)13-6-8-18(23)20(11-13)26(28)29)10-19-14-3-1-2-4-15(14)21(27)25-24-19/h1-9,11H,10,23H2,(H,25,27). The van der Waals surface area contributed by atoms with Crippen molar-refractivity contribution in [2.45, 2.75) is 6.42 Å². The third kappa shape index (κ3) is 3.43. The molecule has 0 spiro atoms. The zero-order valence-electron chi connectivity index (χ0n) is 15.1. The van der Waals surface area contributed by atoms with Crippen molar-refractivity contribution >= 4 is 22.1 Å². The number of anilines is 1. The summed E-state index contributed by atoms with van der Waals surface area (Å²) in [6.45, 7) is 0. The Morgan fingerprint density at radius 3 is 2.59 bits per heavy atom. The lowest BCUT2D eigenvalue weighted by molar-refractivity contribution is -0.383. The molecule has 0 aliphatic carbocycles. The number of nitrogens with zero attached hydrogens (tertiary/aromatic N) is 2. The second-order valence-corrected chi connectivity index (χ2v) is 6.57. The molecule has 0 bridgehead atoms. The number of aromatic amines is 1. The number of nitro benzene ring substituents is 1. The number of H-pyrrole nitrogens is 1. The monoisotopic (exact) mass is 390 g/mol. The minimum atomic E-state index is -0.600. The molecule has 3 N–H and O–H groups in total. The van der Waals surface area contributed by atoms with Crippen LogP contribution in [0.25, 0.3) is 21.9 Å². The molecule has 0 aliphatic rings. The van der Waals surface area contributed by atoms with Crippen LogP contribution >= 0.6 is 0 Å². The number of rotatable bonds is 4. The van der Waals surface area contributed by atoms with E-state index >= 15 is 0 Å². The summed E-state index contributed by atoms with van der Waals surface area (Å²) < 4.78 is 14.5. The van der Waals surface area contributed by atoms with E-state index in [1.807, 2.05) is 6.07 Å². The number of hydrogen-bond donors (Lipinski definition) is 2. The molecule has 29 heavy (non-hydrogen) atoms. The van der Waals surface area contributed by atoms with Crippen LogP contribution in [0.2, 0.25) is 0 Å². The summed E-state index contributed by atoms with van der Waals surface area (Å²) in [6, 6.07) is 15.8. The van der Waals surface area contributed by atoms with Crippen molar-refractivity contribution in [3.05, 3.63) is 98.2 Å². The minimum absolute atomic E-state index is 0.0132. The van der Waals surface area contributed by atoms with Crippen molar-refractivity contribution in [1.82, 2.24) is 10.2 Å². The summed E-state index contributed by atoms with van der Waals surface area (Å²) in [4.78, 5) is 22.5. The molecular weight excluding hydrogens is 375 g/mol. The van der Waals surface area contributed by atoms with Gasteiger partial charge in [0.1, 0.15) is 11.5 Å². The molecule has 0 unspecified atom stereocenters. The first-order chi connectivity index (χ1) is 13.9. The fraction of sp³-hybridized carbons (Fsp3) is 0.0476. The van der Waals surface area contributed by atoms with Crippen LogP contribution in [0.4, 0.5) is 15.8 Å². The summed E-state index contributed by atoms with van der Waals surface area (Å²) in [5.74, 6) is -0.507. The Morgan fingerprint density at radius 2 is 1.83 bits per heavy atom. The number of nitro groups is 1. The van der Waals surface area contributed by atoms with Gasteiger partial charge in [-0.1, -0.05) is 30.3 Å². The van der Waals surface area contributed by atoms with E-state index in [0.29, 0.717) is 28.5 Å². The fourth-order valence-corrected chi connectivity index (χ4v) is 3.27. The molecule has 0 fully saturated rings. The molecular formula is C21H15FN4O3. The van der Waals surface area contributed by atoms with Crippen molar-refractivity contribution in [3.63, 3.8) is 0 Å². The Hall–Kier alpha value is -4.07. The van der Waals surface area contributed by atoms with Crippen LogP contribution in [-0.2, 0) is 6.42 Å². The molecule has 1 aromatic heterocycles. The maximum Gasteiger partial charge on any atom is 0.292 e. The van der Waals surface area contributed by atoms with Gasteiger partial charge in [-0.2, -0.15) is 5.10 Å². The van der Waals surface area contributed by atoms with E-state index < -0.39 is 10.7 Å². The number of nitrogens with one attached hydrogen (secondary N) is 1. The Bertz CT molecular complexity index is 1320. The van der Waals surface area contributed by atoms with Gasteiger partial charge < -0.3 is 5.73 Å². The maximum absolute atomic E-state index is 14.5. The van der Waals surface area contributed by atoms with E-state index in [-0.39, 0.29) is 22.5 Å². The van der Waals surface area contributed by atoms with E-state index in [1.54, 1.807) is 30.3 Å². The average molecular weight is 390 g/mol. The van der Waals surface area contributed by atoms with E-state index in [2.05, 4.69) is 10.2 Å². The molecule has 3 aromatic carbocycles. The molecule has 0 atom stereocenters. The van der Waals surface area contributed by atoms with Gasteiger partial charge in [0.2, 0.25) is 0 Å². The van der Waals surface area contributed by atoms with Crippen molar-refractivity contribution in [2.75, 3.05) is 5.73 Å². The van der Waals surface area contributed by atoms with Crippen molar-refractivity contribution < 1.29 is 9.31 Å². The topological polar surface area (TPSA) is 115 Å². The molecule has 0 saturated heterocycles. The van der Waals surface area contributed by atoms with Gasteiger partial charge in [-0.05, 0) is 35.4 Å². The van der Waals surface area contributed by atoms with Gasteiger partial charge >= 0.3 is 0 Å². The Labute approximate surface area is 163 Å². The molecule has 144 valence electrons. The first kappa shape index (κ1) is 18.3. The van der Waals surface area contributed by atoms with Crippen LogP contribution in [-0.4, -0.2) is 15.1 Å². The summed E-state index contributed by atoms with van der Waals surface area (Å²) in [6.07, 6.45) is 0.349. The lowest BCUT2D eigenvalue weighted by atomic mass is 9.98. The normalized spacial score (nSPS) is 10.9. The van der Waals surface area contributed by atoms with Crippen LogP contribution < -0.4 is 11.3 Å². The zero-order chi connectivity index (χ0) is 20.5. The first-order valence-electron chi connectivity index (χ1n) is 8.73. The number of nitrogens with two attached hydrogens (primary N) is 1. The van der Waals surface area contributed by atoms with Crippen LogP contribution in [0, 0.1) is 15.9 Å².